The Morgan fingerprint density at radius 3 is 1.70 bits per heavy atom. The minimum atomic E-state index is -0.846. The van der Waals surface area contributed by atoms with Crippen molar-refractivity contribution < 1.29 is 19.1 Å². The quantitative estimate of drug-likeness (QED) is 0.554. The summed E-state index contributed by atoms with van der Waals surface area (Å²) in [4.78, 5) is 25.2. The second kappa shape index (κ2) is 9.91. The van der Waals surface area contributed by atoms with Crippen molar-refractivity contribution in [2.45, 2.75) is 58.2 Å². The van der Waals surface area contributed by atoms with Crippen LogP contribution in [0.25, 0.3) is 0 Å². The fourth-order valence-corrected chi connectivity index (χ4v) is 3.29. The Hall–Kier alpha value is -2.62. The monoisotopic (exact) mass is 368 g/mol. The van der Waals surface area contributed by atoms with Crippen molar-refractivity contribution in [2.75, 3.05) is 0 Å². The molecule has 1 unspecified atom stereocenters. The number of hydrogen-bond acceptors (Lipinski definition) is 4. The Balaban J connectivity index is 2.23. The van der Waals surface area contributed by atoms with Crippen LogP contribution in [0.2, 0.25) is 0 Å². The van der Waals surface area contributed by atoms with Gasteiger partial charge in [-0.15, -0.1) is 0 Å². The zero-order chi connectivity index (χ0) is 19.7. The first-order valence-corrected chi connectivity index (χ1v) is 9.57. The van der Waals surface area contributed by atoms with Gasteiger partial charge in [0.2, 0.25) is 0 Å². The van der Waals surface area contributed by atoms with Gasteiger partial charge in [-0.1, -0.05) is 63.1 Å². The van der Waals surface area contributed by atoms with Gasteiger partial charge in [-0.3, -0.25) is 0 Å². The van der Waals surface area contributed by atoms with E-state index < -0.39 is 17.7 Å². The van der Waals surface area contributed by atoms with Crippen LogP contribution < -0.4 is 0 Å². The summed E-state index contributed by atoms with van der Waals surface area (Å²) in [6.07, 6.45) is 2.33. The third kappa shape index (κ3) is 5.43. The maximum absolute atomic E-state index is 12.7. The lowest BCUT2D eigenvalue weighted by Crippen LogP contribution is -2.47. The zero-order valence-corrected chi connectivity index (χ0v) is 16.3. The van der Waals surface area contributed by atoms with Crippen molar-refractivity contribution in [3.8, 4) is 0 Å². The predicted octanol–water partition coefficient (Wildman–Crippen LogP) is 5.43. The van der Waals surface area contributed by atoms with Gasteiger partial charge in [0.1, 0.15) is 11.7 Å². The van der Waals surface area contributed by atoms with E-state index in [9.17, 15) is 9.59 Å². The predicted molar refractivity (Wildman–Crippen MR) is 106 cm³/mol. The van der Waals surface area contributed by atoms with E-state index in [0.717, 1.165) is 12.8 Å². The lowest BCUT2D eigenvalue weighted by atomic mass is 9.87. The number of esters is 2. The highest BCUT2D eigenvalue weighted by Gasteiger charge is 2.41. The van der Waals surface area contributed by atoms with Gasteiger partial charge in [0.15, 0.2) is 0 Å². The number of ether oxygens (including phenoxy) is 2. The molecule has 0 aliphatic heterocycles. The fraction of sp³-hybridized carbons (Fsp3) is 0.391. The van der Waals surface area contributed by atoms with Crippen LogP contribution in [0.5, 0.6) is 0 Å². The first-order chi connectivity index (χ1) is 13.0. The van der Waals surface area contributed by atoms with Crippen LogP contribution in [-0.4, -0.2) is 23.6 Å². The minimum absolute atomic E-state index is 0.389. The van der Waals surface area contributed by atoms with Crippen molar-refractivity contribution in [3.05, 3.63) is 71.8 Å². The van der Waals surface area contributed by atoms with Gasteiger partial charge >= 0.3 is 11.9 Å². The van der Waals surface area contributed by atoms with Crippen LogP contribution in [-0.2, 0) is 9.47 Å². The Labute approximate surface area is 161 Å². The van der Waals surface area contributed by atoms with Crippen LogP contribution in [0.3, 0.4) is 0 Å². The molecule has 27 heavy (non-hydrogen) atoms. The third-order valence-corrected chi connectivity index (χ3v) is 4.69. The zero-order valence-electron chi connectivity index (χ0n) is 16.3. The number of rotatable bonds is 9. The number of benzene rings is 2. The highest BCUT2D eigenvalue weighted by Crippen LogP contribution is 2.32. The lowest BCUT2D eigenvalue weighted by Gasteiger charge is -2.38. The molecule has 2 aromatic rings. The summed E-state index contributed by atoms with van der Waals surface area (Å²) in [6.45, 7) is 5.88. The topological polar surface area (TPSA) is 52.6 Å². The molecule has 0 aliphatic rings. The highest BCUT2D eigenvalue weighted by atomic mass is 16.6. The summed E-state index contributed by atoms with van der Waals surface area (Å²) < 4.78 is 11.7. The second-order valence-electron chi connectivity index (χ2n) is 6.73. The van der Waals surface area contributed by atoms with Crippen LogP contribution in [0.4, 0.5) is 0 Å². The van der Waals surface area contributed by atoms with E-state index in [1.165, 1.54) is 0 Å². The Morgan fingerprint density at radius 1 is 0.815 bits per heavy atom. The van der Waals surface area contributed by atoms with E-state index in [-0.39, 0.29) is 5.97 Å². The van der Waals surface area contributed by atoms with Gasteiger partial charge in [0.05, 0.1) is 11.1 Å². The molecule has 144 valence electrons. The van der Waals surface area contributed by atoms with Crippen LogP contribution >= 0.6 is 0 Å². The molecule has 2 rings (SSSR count). The average Bonchev–Trinajstić information content (AvgIpc) is 2.69. The molecule has 0 fully saturated rings. The molecule has 0 saturated heterocycles. The molecule has 4 nitrogen and oxygen atoms in total. The first-order valence-electron chi connectivity index (χ1n) is 9.57. The van der Waals surface area contributed by atoms with Gasteiger partial charge in [-0.05, 0) is 44.0 Å². The van der Waals surface area contributed by atoms with E-state index in [2.05, 4.69) is 0 Å². The molecular formula is C23H28O4. The largest absolute Gasteiger partial charge is 0.455 e. The van der Waals surface area contributed by atoms with Gasteiger partial charge in [0, 0.05) is 0 Å². The SMILES string of the molecule is CCCC(CCC)(OC(=O)c1ccccc1)C(C)OC(=O)c1ccccc1. The molecule has 0 N–H and O–H groups in total. The smallest absolute Gasteiger partial charge is 0.338 e. The van der Waals surface area contributed by atoms with Crippen molar-refractivity contribution >= 4 is 11.9 Å². The van der Waals surface area contributed by atoms with E-state index in [1.807, 2.05) is 32.9 Å². The van der Waals surface area contributed by atoms with Gasteiger partial charge < -0.3 is 9.47 Å². The van der Waals surface area contributed by atoms with E-state index in [4.69, 9.17) is 9.47 Å². The summed E-state index contributed by atoms with van der Waals surface area (Å²) in [6, 6.07) is 17.8. The van der Waals surface area contributed by atoms with E-state index >= 15 is 0 Å². The molecular weight excluding hydrogens is 340 g/mol. The molecule has 0 radical (unpaired) electrons. The molecule has 2 aromatic carbocycles. The first kappa shape index (κ1) is 20.7. The maximum Gasteiger partial charge on any atom is 0.338 e. The normalized spacial score (nSPS) is 12.3. The Morgan fingerprint density at radius 2 is 1.26 bits per heavy atom. The summed E-state index contributed by atoms with van der Waals surface area (Å²) in [5.41, 5.74) is 0.136. The average molecular weight is 368 g/mol. The molecule has 0 saturated carbocycles. The summed E-state index contributed by atoms with van der Waals surface area (Å²) >= 11 is 0. The third-order valence-electron chi connectivity index (χ3n) is 4.69. The summed E-state index contributed by atoms with van der Waals surface area (Å²) in [5.74, 6) is -0.796. The molecule has 0 heterocycles. The minimum Gasteiger partial charge on any atom is -0.455 e. The van der Waals surface area contributed by atoms with Gasteiger partial charge in [-0.2, -0.15) is 0 Å². The van der Waals surface area contributed by atoms with Crippen molar-refractivity contribution in [1.82, 2.24) is 0 Å². The lowest BCUT2D eigenvalue weighted by molar-refractivity contribution is -0.100. The number of carbonyl (C=O) groups is 2. The van der Waals surface area contributed by atoms with Crippen LogP contribution in [0, 0.1) is 0 Å². The summed E-state index contributed by atoms with van der Waals surface area (Å²) in [5, 5.41) is 0. The van der Waals surface area contributed by atoms with Crippen LogP contribution in [0.1, 0.15) is 67.2 Å². The highest BCUT2D eigenvalue weighted by molar-refractivity contribution is 5.90. The van der Waals surface area contributed by atoms with Crippen molar-refractivity contribution in [1.29, 1.82) is 0 Å². The maximum atomic E-state index is 12.7. The molecule has 4 heteroatoms. The molecule has 1 atom stereocenters. The van der Waals surface area contributed by atoms with Gasteiger partial charge in [0.25, 0.3) is 0 Å². The standard InChI is InChI=1S/C23H28O4/c1-4-16-23(17-5-2,27-22(25)20-14-10-7-11-15-20)18(3)26-21(24)19-12-8-6-9-13-19/h6-15,18H,4-5,16-17H2,1-3H3. The molecule has 0 amide bonds. The molecule has 0 aliphatic carbocycles. The number of hydrogen-bond donors (Lipinski definition) is 0. The van der Waals surface area contributed by atoms with Gasteiger partial charge in [-0.25, -0.2) is 9.59 Å². The van der Waals surface area contributed by atoms with Crippen LogP contribution in [0.15, 0.2) is 60.7 Å². The Kier molecular flexibility index (Phi) is 7.59. The summed E-state index contributed by atoms with van der Waals surface area (Å²) in [7, 11) is 0. The van der Waals surface area contributed by atoms with Crippen molar-refractivity contribution in [2.24, 2.45) is 0 Å². The van der Waals surface area contributed by atoms with Crippen molar-refractivity contribution in [3.63, 3.8) is 0 Å². The fourth-order valence-electron chi connectivity index (χ4n) is 3.29. The van der Waals surface area contributed by atoms with E-state index in [0.29, 0.717) is 24.0 Å². The molecule has 0 aromatic heterocycles. The molecule has 0 bridgehead atoms. The van der Waals surface area contributed by atoms with E-state index in [1.54, 1.807) is 48.5 Å². The Bertz CT molecular complexity index is 719. The second-order valence-corrected chi connectivity index (χ2v) is 6.73. The molecule has 0 spiro atoms. The number of carbonyl (C=O) groups excluding carboxylic acids is 2.